The van der Waals surface area contributed by atoms with E-state index in [-0.39, 0.29) is 6.04 Å². The van der Waals surface area contributed by atoms with Gasteiger partial charge < -0.3 is 10.5 Å². The average molecular weight is 232 g/mol. The Kier molecular flexibility index (Phi) is 3.10. The van der Waals surface area contributed by atoms with Gasteiger partial charge in [-0.15, -0.1) is 0 Å². The highest BCUT2D eigenvalue weighted by Crippen LogP contribution is 2.21. The van der Waals surface area contributed by atoms with Crippen LogP contribution in [0.15, 0.2) is 24.4 Å². The zero-order valence-electron chi connectivity index (χ0n) is 10.2. The van der Waals surface area contributed by atoms with E-state index in [2.05, 4.69) is 10.1 Å². The lowest BCUT2D eigenvalue weighted by molar-refractivity contribution is 0.428. The van der Waals surface area contributed by atoms with Gasteiger partial charge in [0, 0.05) is 19.2 Å². The van der Waals surface area contributed by atoms with Crippen LogP contribution < -0.4 is 10.5 Å². The van der Waals surface area contributed by atoms with Gasteiger partial charge in [0.2, 0.25) is 5.88 Å². The highest BCUT2D eigenvalue weighted by molar-refractivity contribution is 5.27. The lowest BCUT2D eigenvalue weighted by atomic mass is 10.2. The number of nitrogens with two attached hydrogens (primary N) is 1. The summed E-state index contributed by atoms with van der Waals surface area (Å²) in [4.78, 5) is 4.23. The number of aromatic nitrogens is 3. The summed E-state index contributed by atoms with van der Waals surface area (Å²) in [6.45, 7) is 3.82. The fourth-order valence-electron chi connectivity index (χ4n) is 1.52. The van der Waals surface area contributed by atoms with E-state index in [1.165, 1.54) is 0 Å². The minimum atomic E-state index is -0.0667. The summed E-state index contributed by atoms with van der Waals surface area (Å²) in [7, 11) is 1.84. The second kappa shape index (κ2) is 4.55. The smallest absolute Gasteiger partial charge is 0.217 e. The molecule has 0 saturated carbocycles. The Hall–Kier alpha value is -1.88. The van der Waals surface area contributed by atoms with Crippen LogP contribution in [0.3, 0.4) is 0 Å². The van der Waals surface area contributed by atoms with Gasteiger partial charge in [-0.1, -0.05) is 0 Å². The molecule has 0 aromatic carbocycles. The number of rotatable bonds is 3. The zero-order chi connectivity index (χ0) is 12.4. The summed E-state index contributed by atoms with van der Waals surface area (Å²) in [6, 6.07) is 5.53. The highest BCUT2D eigenvalue weighted by atomic mass is 16.5. The fraction of sp³-hybridized carbons (Fsp3) is 0.333. The molecular weight excluding hydrogens is 216 g/mol. The minimum absolute atomic E-state index is 0.0667. The van der Waals surface area contributed by atoms with Gasteiger partial charge in [0.25, 0.3) is 0 Å². The van der Waals surface area contributed by atoms with Gasteiger partial charge >= 0.3 is 0 Å². The minimum Gasteiger partial charge on any atom is -0.438 e. The number of hydrogen-bond acceptors (Lipinski definition) is 4. The van der Waals surface area contributed by atoms with Crippen molar-refractivity contribution in [2.24, 2.45) is 12.8 Å². The molecule has 0 aliphatic heterocycles. The van der Waals surface area contributed by atoms with Crippen molar-refractivity contribution in [3.8, 4) is 11.6 Å². The Morgan fingerprint density at radius 3 is 2.65 bits per heavy atom. The van der Waals surface area contributed by atoms with Crippen LogP contribution in [-0.4, -0.2) is 14.8 Å². The second-order valence-electron chi connectivity index (χ2n) is 4.06. The molecule has 2 aromatic heterocycles. The molecular formula is C12H16N4O. The van der Waals surface area contributed by atoms with Crippen molar-refractivity contribution in [2.45, 2.75) is 19.9 Å². The molecule has 0 spiro atoms. The van der Waals surface area contributed by atoms with E-state index >= 15 is 0 Å². The zero-order valence-corrected chi connectivity index (χ0v) is 10.2. The quantitative estimate of drug-likeness (QED) is 0.878. The van der Waals surface area contributed by atoms with Gasteiger partial charge in [0.05, 0.1) is 17.6 Å². The molecule has 0 radical (unpaired) electrons. The molecule has 0 aliphatic rings. The molecule has 0 bridgehead atoms. The third-order valence-electron chi connectivity index (χ3n) is 2.41. The van der Waals surface area contributed by atoms with Crippen molar-refractivity contribution in [3.63, 3.8) is 0 Å². The largest absolute Gasteiger partial charge is 0.438 e. The van der Waals surface area contributed by atoms with E-state index in [0.717, 1.165) is 11.4 Å². The Morgan fingerprint density at radius 1 is 1.41 bits per heavy atom. The molecule has 2 heterocycles. The van der Waals surface area contributed by atoms with Crippen molar-refractivity contribution < 1.29 is 4.74 Å². The van der Waals surface area contributed by atoms with E-state index in [1.54, 1.807) is 10.9 Å². The Morgan fingerprint density at radius 2 is 2.18 bits per heavy atom. The summed E-state index contributed by atoms with van der Waals surface area (Å²) >= 11 is 0. The molecule has 0 saturated heterocycles. The molecule has 2 N–H and O–H groups in total. The van der Waals surface area contributed by atoms with Gasteiger partial charge in [-0.3, -0.25) is 4.98 Å². The number of aryl methyl sites for hydroxylation is 2. The predicted octanol–water partition coefficient (Wildman–Crippen LogP) is 1.94. The van der Waals surface area contributed by atoms with Gasteiger partial charge in [-0.05, 0) is 26.0 Å². The van der Waals surface area contributed by atoms with Crippen LogP contribution in [0.2, 0.25) is 0 Å². The summed E-state index contributed by atoms with van der Waals surface area (Å²) < 4.78 is 7.35. The van der Waals surface area contributed by atoms with Gasteiger partial charge in [0.15, 0.2) is 0 Å². The number of ether oxygens (including phenoxy) is 1. The summed E-state index contributed by atoms with van der Waals surface area (Å²) in [5.41, 5.74) is 7.49. The molecule has 0 amide bonds. The average Bonchev–Trinajstić information content (AvgIpc) is 2.58. The van der Waals surface area contributed by atoms with E-state index in [1.807, 2.05) is 39.1 Å². The summed E-state index contributed by atoms with van der Waals surface area (Å²) in [5.74, 6) is 1.37. The molecule has 0 fully saturated rings. The number of nitrogens with zero attached hydrogens (tertiary/aromatic N) is 3. The van der Waals surface area contributed by atoms with Crippen LogP contribution in [-0.2, 0) is 7.05 Å². The topological polar surface area (TPSA) is 66.0 Å². The monoisotopic (exact) mass is 232 g/mol. The van der Waals surface area contributed by atoms with Gasteiger partial charge in [0.1, 0.15) is 5.75 Å². The van der Waals surface area contributed by atoms with Crippen molar-refractivity contribution >= 4 is 0 Å². The van der Waals surface area contributed by atoms with E-state index < -0.39 is 0 Å². The Balaban J connectivity index is 2.16. The third kappa shape index (κ3) is 2.62. The standard InChI is InChI=1S/C12H16N4O/c1-8-6-12(16(3)15-8)17-10-4-5-11(9(2)13)14-7-10/h4-7,9H,13H2,1-3H3/t9-/m0/s1. The van der Waals surface area contributed by atoms with Crippen LogP contribution in [0.25, 0.3) is 0 Å². The predicted molar refractivity (Wildman–Crippen MR) is 64.9 cm³/mol. The van der Waals surface area contributed by atoms with Crippen LogP contribution in [0.5, 0.6) is 11.6 Å². The summed E-state index contributed by atoms with van der Waals surface area (Å²) in [5, 5.41) is 4.20. The van der Waals surface area contributed by atoms with E-state index in [0.29, 0.717) is 11.6 Å². The van der Waals surface area contributed by atoms with Crippen LogP contribution in [0, 0.1) is 6.92 Å². The molecule has 2 rings (SSSR count). The third-order valence-corrected chi connectivity index (χ3v) is 2.41. The first-order chi connectivity index (χ1) is 8.06. The summed E-state index contributed by atoms with van der Waals surface area (Å²) in [6.07, 6.45) is 1.67. The van der Waals surface area contributed by atoms with E-state index in [9.17, 15) is 0 Å². The van der Waals surface area contributed by atoms with Crippen molar-refractivity contribution in [1.82, 2.24) is 14.8 Å². The van der Waals surface area contributed by atoms with Crippen LogP contribution >= 0.6 is 0 Å². The Bertz CT molecular complexity index is 502. The van der Waals surface area contributed by atoms with Crippen LogP contribution in [0.1, 0.15) is 24.4 Å². The van der Waals surface area contributed by atoms with E-state index in [4.69, 9.17) is 10.5 Å². The van der Waals surface area contributed by atoms with Gasteiger partial charge in [-0.2, -0.15) is 5.10 Å². The molecule has 5 nitrogen and oxygen atoms in total. The van der Waals surface area contributed by atoms with Crippen molar-refractivity contribution in [2.75, 3.05) is 0 Å². The number of hydrogen-bond donors (Lipinski definition) is 1. The maximum absolute atomic E-state index is 5.73. The van der Waals surface area contributed by atoms with Crippen molar-refractivity contribution in [1.29, 1.82) is 0 Å². The molecule has 1 atom stereocenters. The molecule has 17 heavy (non-hydrogen) atoms. The first-order valence-electron chi connectivity index (χ1n) is 5.46. The van der Waals surface area contributed by atoms with Crippen LogP contribution in [0.4, 0.5) is 0 Å². The fourth-order valence-corrected chi connectivity index (χ4v) is 1.52. The lowest BCUT2D eigenvalue weighted by Crippen LogP contribution is -2.06. The molecule has 90 valence electrons. The first kappa shape index (κ1) is 11.6. The molecule has 5 heteroatoms. The maximum Gasteiger partial charge on any atom is 0.217 e. The normalized spacial score (nSPS) is 12.5. The molecule has 2 aromatic rings. The highest BCUT2D eigenvalue weighted by Gasteiger charge is 2.06. The molecule has 0 aliphatic carbocycles. The lowest BCUT2D eigenvalue weighted by Gasteiger charge is -2.07. The van der Waals surface area contributed by atoms with Gasteiger partial charge in [-0.25, -0.2) is 4.68 Å². The Labute approximate surface area is 100 Å². The number of pyridine rings is 1. The first-order valence-corrected chi connectivity index (χ1v) is 5.46. The van der Waals surface area contributed by atoms with Crippen molar-refractivity contribution in [3.05, 3.63) is 35.8 Å². The SMILES string of the molecule is Cc1cc(Oc2ccc([C@H](C)N)nc2)n(C)n1. The maximum atomic E-state index is 5.73. The molecule has 0 unspecified atom stereocenters. The second-order valence-corrected chi connectivity index (χ2v) is 4.06.